The van der Waals surface area contributed by atoms with E-state index in [1.807, 2.05) is 35.6 Å². The van der Waals surface area contributed by atoms with Crippen LogP contribution >= 0.6 is 11.3 Å². The van der Waals surface area contributed by atoms with Crippen molar-refractivity contribution in [1.82, 2.24) is 5.32 Å². The summed E-state index contributed by atoms with van der Waals surface area (Å²) in [6, 6.07) is 12.6. The van der Waals surface area contributed by atoms with E-state index < -0.39 is 0 Å². The minimum absolute atomic E-state index is 0.0353. The number of likely N-dealkylation sites (N-methyl/N-ethyl adjacent to an activating group) is 1. The second-order valence-electron chi connectivity index (χ2n) is 4.86. The molecular weight excluding hydrogens is 268 g/mol. The van der Waals surface area contributed by atoms with E-state index in [1.54, 1.807) is 7.05 Å². The minimum atomic E-state index is 0.0353. The van der Waals surface area contributed by atoms with Crippen LogP contribution in [-0.4, -0.2) is 13.0 Å². The zero-order chi connectivity index (χ0) is 14.5. The van der Waals surface area contributed by atoms with E-state index in [0.717, 1.165) is 11.3 Å². The van der Waals surface area contributed by atoms with Crippen LogP contribution in [0.3, 0.4) is 0 Å². The van der Waals surface area contributed by atoms with Crippen molar-refractivity contribution >= 4 is 22.9 Å². The molecule has 0 aliphatic rings. The summed E-state index contributed by atoms with van der Waals surface area (Å²) in [7, 11) is 1.66. The molecule has 0 saturated heterocycles. The molecule has 2 aromatic rings. The number of thiophene rings is 1. The average molecular weight is 288 g/mol. The zero-order valence-corrected chi connectivity index (χ0v) is 12.9. The molecule has 1 unspecified atom stereocenters. The van der Waals surface area contributed by atoms with Crippen LogP contribution in [0.4, 0.5) is 5.69 Å². The van der Waals surface area contributed by atoms with Crippen LogP contribution in [-0.2, 0) is 11.2 Å². The van der Waals surface area contributed by atoms with Gasteiger partial charge in [0.05, 0.1) is 12.5 Å². The fourth-order valence-electron chi connectivity index (χ4n) is 2.00. The third kappa shape index (κ3) is 3.84. The summed E-state index contributed by atoms with van der Waals surface area (Å²) in [5.41, 5.74) is 2.10. The Balaban J connectivity index is 1.98. The predicted molar refractivity (Wildman–Crippen MR) is 85.3 cm³/mol. The number of carbonyl (C=O) groups is 1. The van der Waals surface area contributed by atoms with E-state index in [2.05, 4.69) is 36.6 Å². The molecule has 2 rings (SSSR count). The van der Waals surface area contributed by atoms with Gasteiger partial charge in [-0.2, -0.15) is 0 Å². The van der Waals surface area contributed by atoms with Crippen LogP contribution in [0, 0.1) is 6.92 Å². The van der Waals surface area contributed by atoms with Crippen molar-refractivity contribution in [3.05, 3.63) is 51.7 Å². The summed E-state index contributed by atoms with van der Waals surface area (Å²) in [6.45, 7) is 4.28. The number of anilines is 1. The Labute approximate surface area is 124 Å². The average Bonchev–Trinajstić information content (AvgIpc) is 2.87. The summed E-state index contributed by atoms with van der Waals surface area (Å²) >= 11 is 1.81. The SMILES string of the molecule is CNC(=O)Cc1ccc(NC(C)c2ccc(C)s2)cc1. The molecular formula is C16H20N2OS. The van der Waals surface area contributed by atoms with E-state index in [1.165, 1.54) is 9.75 Å². The van der Waals surface area contributed by atoms with Gasteiger partial charge in [-0.3, -0.25) is 4.79 Å². The standard InChI is InChI=1S/C16H20N2OS/c1-11-4-9-15(20-11)12(2)18-14-7-5-13(6-8-14)10-16(19)17-3/h4-9,12,18H,10H2,1-3H3,(H,17,19). The molecule has 1 aromatic carbocycles. The highest BCUT2D eigenvalue weighted by Gasteiger charge is 2.07. The molecule has 3 nitrogen and oxygen atoms in total. The van der Waals surface area contributed by atoms with Crippen molar-refractivity contribution in [2.75, 3.05) is 12.4 Å². The summed E-state index contributed by atoms with van der Waals surface area (Å²) in [4.78, 5) is 14.0. The van der Waals surface area contributed by atoms with Gasteiger partial charge in [0, 0.05) is 22.5 Å². The fraction of sp³-hybridized carbons (Fsp3) is 0.312. The fourth-order valence-corrected chi connectivity index (χ4v) is 2.88. The van der Waals surface area contributed by atoms with Crippen LogP contribution in [0.2, 0.25) is 0 Å². The lowest BCUT2D eigenvalue weighted by Gasteiger charge is -2.14. The van der Waals surface area contributed by atoms with Crippen LogP contribution in [0.25, 0.3) is 0 Å². The van der Waals surface area contributed by atoms with Crippen molar-refractivity contribution in [3.8, 4) is 0 Å². The smallest absolute Gasteiger partial charge is 0.224 e. The molecule has 106 valence electrons. The Morgan fingerprint density at radius 2 is 1.90 bits per heavy atom. The molecule has 0 fully saturated rings. The molecule has 0 aliphatic heterocycles. The Hall–Kier alpha value is -1.81. The lowest BCUT2D eigenvalue weighted by Crippen LogP contribution is -2.19. The number of carbonyl (C=O) groups excluding carboxylic acids is 1. The third-order valence-electron chi connectivity index (χ3n) is 3.17. The molecule has 0 bridgehead atoms. The molecule has 1 atom stereocenters. The Morgan fingerprint density at radius 1 is 1.20 bits per heavy atom. The second-order valence-corrected chi connectivity index (χ2v) is 6.18. The molecule has 0 radical (unpaired) electrons. The second kappa shape index (κ2) is 6.57. The van der Waals surface area contributed by atoms with E-state index in [-0.39, 0.29) is 5.91 Å². The number of hydrogen-bond donors (Lipinski definition) is 2. The number of aryl methyl sites for hydroxylation is 1. The van der Waals surface area contributed by atoms with E-state index >= 15 is 0 Å². The van der Waals surface area contributed by atoms with E-state index in [9.17, 15) is 4.79 Å². The maximum Gasteiger partial charge on any atom is 0.224 e. The predicted octanol–water partition coefficient (Wildman–Crippen LogP) is 3.52. The van der Waals surface area contributed by atoms with Crippen molar-refractivity contribution in [1.29, 1.82) is 0 Å². The molecule has 0 spiro atoms. The quantitative estimate of drug-likeness (QED) is 0.884. The lowest BCUT2D eigenvalue weighted by molar-refractivity contribution is -0.119. The number of nitrogens with one attached hydrogen (secondary N) is 2. The Morgan fingerprint density at radius 3 is 2.45 bits per heavy atom. The van der Waals surface area contributed by atoms with Crippen molar-refractivity contribution in [2.45, 2.75) is 26.3 Å². The molecule has 0 aliphatic carbocycles. The maximum atomic E-state index is 11.3. The van der Waals surface area contributed by atoms with Gasteiger partial charge in [0.25, 0.3) is 0 Å². The highest BCUT2D eigenvalue weighted by Crippen LogP contribution is 2.25. The number of amides is 1. The van der Waals surface area contributed by atoms with Crippen molar-refractivity contribution in [3.63, 3.8) is 0 Å². The summed E-state index contributed by atoms with van der Waals surface area (Å²) < 4.78 is 0. The molecule has 20 heavy (non-hydrogen) atoms. The summed E-state index contributed by atoms with van der Waals surface area (Å²) in [5.74, 6) is 0.0353. The monoisotopic (exact) mass is 288 g/mol. The highest BCUT2D eigenvalue weighted by molar-refractivity contribution is 7.12. The summed E-state index contributed by atoms with van der Waals surface area (Å²) in [6.07, 6.45) is 0.427. The van der Waals surface area contributed by atoms with Crippen molar-refractivity contribution in [2.24, 2.45) is 0 Å². The summed E-state index contributed by atoms with van der Waals surface area (Å²) in [5, 5.41) is 6.11. The number of rotatable bonds is 5. The van der Waals surface area contributed by atoms with Crippen LogP contribution in [0.1, 0.15) is 28.3 Å². The molecule has 1 heterocycles. The molecule has 0 saturated carbocycles. The molecule has 1 amide bonds. The first-order valence-electron chi connectivity index (χ1n) is 6.71. The number of benzene rings is 1. The highest BCUT2D eigenvalue weighted by atomic mass is 32.1. The van der Waals surface area contributed by atoms with Gasteiger partial charge >= 0.3 is 0 Å². The number of hydrogen-bond acceptors (Lipinski definition) is 3. The van der Waals surface area contributed by atoms with E-state index in [0.29, 0.717) is 12.5 Å². The zero-order valence-electron chi connectivity index (χ0n) is 12.1. The van der Waals surface area contributed by atoms with Crippen LogP contribution in [0.15, 0.2) is 36.4 Å². The first-order valence-corrected chi connectivity index (χ1v) is 7.52. The van der Waals surface area contributed by atoms with Gasteiger partial charge in [-0.15, -0.1) is 11.3 Å². The normalized spacial score (nSPS) is 11.9. The molecule has 2 N–H and O–H groups in total. The van der Waals surface area contributed by atoms with Crippen LogP contribution < -0.4 is 10.6 Å². The van der Waals surface area contributed by atoms with E-state index in [4.69, 9.17) is 0 Å². The van der Waals surface area contributed by atoms with Gasteiger partial charge in [0.2, 0.25) is 5.91 Å². The minimum Gasteiger partial charge on any atom is -0.378 e. The van der Waals surface area contributed by atoms with Gasteiger partial charge in [-0.25, -0.2) is 0 Å². The van der Waals surface area contributed by atoms with Gasteiger partial charge in [-0.05, 0) is 43.7 Å². The first kappa shape index (κ1) is 14.6. The first-order chi connectivity index (χ1) is 9.58. The Kier molecular flexibility index (Phi) is 4.79. The lowest BCUT2D eigenvalue weighted by atomic mass is 10.1. The largest absolute Gasteiger partial charge is 0.378 e. The van der Waals surface area contributed by atoms with Gasteiger partial charge < -0.3 is 10.6 Å². The maximum absolute atomic E-state index is 11.3. The third-order valence-corrected chi connectivity index (χ3v) is 4.35. The topological polar surface area (TPSA) is 41.1 Å². The van der Waals surface area contributed by atoms with Gasteiger partial charge in [0.15, 0.2) is 0 Å². The van der Waals surface area contributed by atoms with Gasteiger partial charge in [-0.1, -0.05) is 12.1 Å². The van der Waals surface area contributed by atoms with Crippen molar-refractivity contribution < 1.29 is 4.79 Å². The molecule has 1 aromatic heterocycles. The molecule has 4 heteroatoms. The van der Waals surface area contributed by atoms with Crippen LogP contribution in [0.5, 0.6) is 0 Å². The van der Waals surface area contributed by atoms with Gasteiger partial charge in [0.1, 0.15) is 0 Å². The Bertz CT molecular complexity index is 574.